The van der Waals surface area contributed by atoms with Gasteiger partial charge in [-0.2, -0.15) is 0 Å². The number of nitrogens with zero attached hydrogens (tertiary/aromatic N) is 1. The Bertz CT molecular complexity index is 600. The van der Waals surface area contributed by atoms with Crippen molar-refractivity contribution in [2.75, 3.05) is 0 Å². The Hall–Kier alpha value is -1.30. The molecule has 0 N–H and O–H groups in total. The molecule has 0 bridgehead atoms. The maximum atomic E-state index is 11.0. The van der Waals surface area contributed by atoms with Gasteiger partial charge < -0.3 is 4.74 Å². The molecule has 1 aromatic heterocycles. The zero-order chi connectivity index (χ0) is 13.8. The molecule has 0 aliphatic carbocycles. The molecule has 0 unspecified atom stereocenters. The number of rotatable bonds is 5. The van der Waals surface area contributed by atoms with Gasteiger partial charge in [-0.25, -0.2) is 0 Å². The molecule has 0 radical (unpaired) electrons. The number of halogens is 2. The molecule has 0 aliphatic rings. The number of alkyl halides is 1. The van der Waals surface area contributed by atoms with Crippen LogP contribution in [-0.4, -0.2) is 4.92 Å². The van der Waals surface area contributed by atoms with E-state index in [-0.39, 0.29) is 23.9 Å². The summed E-state index contributed by atoms with van der Waals surface area (Å²) in [5, 5.41) is 13.4. The van der Waals surface area contributed by atoms with E-state index in [4.69, 9.17) is 27.9 Å². The monoisotopic (exact) mass is 317 g/mol. The fourth-order valence-corrected chi connectivity index (χ4v) is 2.65. The Labute approximate surface area is 123 Å². The standard InChI is InChI=1S/C12H9Cl2NO3S/c13-6-8-1-2-11(10(5-8)15(16)17)18-7-12-9(14)3-4-19-12/h1-5H,6-7H2. The molecular weight excluding hydrogens is 309 g/mol. The summed E-state index contributed by atoms with van der Waals surface area (Å²) < 4.78 is 5.46. The van der Waals surface area contributed by atoms with Crippen molar-refractivity contribution < 1.29 is 9.66 Å². The highest BCUT2D eigenvalue weighted by Gasteiger charge is 2.16. The highest BCUT2D eigenvalue weighted by atomic mass is 35.5. The lowest BCUT2D eigenvalue weighted by Crippen LogP contribution is -1.99. The smallest absolute Gasteiger partial charge is 0.311 e. The predicted molar refractivity (Wildman–Crippen MR) is 76.3 cm³/mol. The van der Waals surface area contributed by atoms with Gasteiger partial charge in [0.25, 0.3) is 0 Å². The minimum absolute atomic E-state index is 0.0918. The van der Waals surface area contributed by atoms with Crippen molar-refractivity contribution in [2.45, 2.75) is 12.5 Å². The third kappa shape index (κ3) is 3.37. The summed E-state index contributed by atoms with van der Waals surface area (Å²) in [4.78, 5) is 11.3. The van der Waals surface area contributed by atoms with E-state index in [1.54, 1.807) is 18.2 Å². The van der Waals surface area contributed by atoms with Gasteiger partial charge in [0.1, 0.15) is 6.61 Å². The van der Waals surface area contributed by atoms with E-state index in [0.29, 0.717) is 10.6 Å². The minimum atomic E-state index is -0.485. The van der Waals surface area contributed by atoms with Gasteiger partial charge in [-0.15, -0.1) is 22.9 Å². The van der Waals surface area contributed by atoms with E-state index in [2.05, 4.69) is 0 Å². The maximum Gasteiger partial charge on any atom is 0.311 e. The van der Waals surface area contributed by atoms with Crippen LogP contribution in [0.2, 0.25) is 5.02 Å². The average molecular weight is 318 g/mol. The summed E-state index contributed by atoms with van der Waals surface area (Å²) >= 11 is 13.0. The van der Waals surface area contributed by atoms with Crippen LogP contribution in [0, 0.1) is 10.1 Å². The van der Waals surface area contributed by atoms with Gasteiger partial charge >= 0.3 is 5.69 Å². The summed E-state index contributed by atoms with van der Waals surface area (Å²) in [6.45, 7) is 0.206. The maximum absolute atomic E-state index is 11.0. The third-order valence-electron chi connectivity index (χ3n) is 2.42. The Kier molecular flexibility index (Phi) is 4.63. The van der Waals surface area contributed by atoms with Crippen LogP contribution in [0.25, 0.3) is 0 Å². The first kappa shape index (κ1) is 14.1. The third-order valence-corrected chi connectivity index (χ3v) is 4.09. The van der Waals surface area contributed by atoms with Gasteiger partial charge in [-0.3, -0.25) is 10.1 Å². The summed E-state index contributed by atoms with van der Waals surface area (Å²) in [6, 6.07) is 6.43. The van der Waals surface area contributed by atoms with Crippen LogP contribution in [0.5, 0.6) is 5.75 Å². The average Bonchev–Trinajstić information content (AvgIpc) is 2.81. The zero-order valence-corrected chi connectivity index (χ0v) is 12.0. The van der Waals surface area contributed by atoms with Crippen LogP contribution in [0.4, 0.5) is 5.69 Å². The van der Waals surface area contributed by atoms with Gasteiger partial charge in [0.15, 0.2) is 5.75 Å². The van der Waals surface area contributed by atoms with E-state index < -0.39 is 4.92 Å². The number of nitro groups is 1. The predicted octanol–water partition coefficient (Wildman–Crippen LogP) is 4.63. The molecular formula is C12H9Cl2NO3S. The van der Waals surface area contributed by atoms with Crippen molar-refractivity contribution in [3.63, 3.8) is 0 Å². The molecule has 0 saturated carbocycles. The number of hydrogen-bond donors (Lipinski definition) is 0. The van der Waals surface area contributed by atoms with Crippen LogP contribution in [0.3, 0.4) is 0 Å². The Morgan fingerprint density at radius 1 is 1.37 bits per heavy atom. The molecule has 100 valence electrons. The van der Waals surface area contributed by atoms with E-state index >= 15 is 0 Å². The molecule has 0 spiro atoms. The largest absolute Gasteiger partial charge is 0.481 e. The lowest BCUT2D eigenvalue weighted by molar-refractivity contribution is -0.386. The zero-order valence-electron chi connectivity index (χ0n) is 9.64. The summed E-state index contributed by atoms with van der Waals surface area (Å²) in [5.74, 6) is 0.432. The van der Waals surface area contributed by atoms with Crippen molar-refractivity contribution in [3.05, 3.63) is 55.2 Å². The Balaban J connectivity index is 2.20. The van der Waals surface area contributed by atoms with E-state index in [9.17, 15) is 10.1 Å². The first-order valence-corrected chi connectivity index (χ1v) is 7.09. The molecule has 7 heteroatoms. The van der Waals surface area contributed by atoms with Gasteiger partial charge in [-0.1, -0.05) is 17.7 Å². The first-order valence-electron chi connectivity index (χ1n) is 5.29. The van der Waals surface area contributed by atoms with E-state index in [1.807, 2.05) is 5.38 Å². The number of nitro benzene ring substituents is 1. The van der Waals surface area contributed by atoms with Crippen LogP contribution in [0.1, 0.15) is 10.4 Å². The second-order valence-corrected chi connectivity index (χ2v) is 5.35. The SMILES string of the molecule is O=[N+]([O-])c1cc(CCl)ccc1OCc1sccc1Cl. The summed E-state index contributed by atoms with van der Waals surface area (Å²) in [7, 11) is 0. The number of hydrogen-bond acceptors (Lipinski definition) is 4. The van der Waals surface area contributed by atoms with Crippen molar-refractivity contribution >= 4 is 40.2 Å². The Morgan fingerprint density at radius 3 is 2.74 bits per heavy atom. The lowest BCUT2D eigenvalue weighted by Gasteiger charge is -2.07. The molecule has 0 amide bonds. The summed E-state index contributed by atoms with van der Waals surface area (Å²) in [6.07, 6.45) is 0. The molecule has 4 nitrogen and oxygen atoms in total. The van der Waals surface area contributed by atoms with Gasteiger partial charge in [0.2, 0.25) is 0 Å². The highest BCUT2D eigenvalue weighted by Crippen LogP contribution is 2.31. The number of ether oxygens (including phenoxy) is 1. The molecule has 19 heavy (non-hydrogen) atoms. The Morgan fingerprint density at radius 2 is 2.16 bits per heavy atom. The molecule has 1 heterocycles. The molecule has 2 rings (SSSR count). The quantitative estimate of drug-likeness (QED) is 0.459. The van der Waals surface area contributed by atoms with Gasteiger partial charge in [0, 0.05) is 11.9 Å². The van der Waals surface area contributed by atoms with Crippen molar-refractivity contribution in [2.24, 2.45) is 0 Å². The van der Waals surface area contributed by atoms with Crippen LogP contribution in [0.15, 0.2) is 29.6 Å². The van der Waals surface area contributed by atoms with Crippen molar-refractivity contribution in [1.29, 1.82) is 0 Å². The second-order valence-electron chi connectivity index (χ2n) is 3.67. The normalized spacial score (nSPS) is 10.4. The number of thiophene rings is 1. The molecule has 0 fully saturated rings. The van der Waals surface area contributed by atoms with Crippen LogP contribution < -0.4 is 4.74 Å². The van der Waals surface area contributed by atoms with Crippen LogP contribution in [-0.2, 0) is 12.5 Å². The van der Waals surface area contributed by atoms with E-state index in [0.717, 1.165) is 4.88 Å². The van der Waals surface area contributed by atoms with Gasteiger partial charge in [-0.05, 0) is 23.1 Å². The first-order chi connectivity index (χ1) is 9.11. The highest BCUT2D eigenvalue weighted by molar-refractivity contribution is 7.10. The van der Waals surface area contributed by atoms with E-state index in [1.165, 1.54) is 17.4 Å². The fraction of sp³-hybridized carbons (Fsp3) is 0.167. The number of benzene rings is 1. The molecule has 0 atom stereocenters. The molecule has 2 aromatic rings. The van der Waals surface area contributed by atoms with Crippen LogP contribution >= 0.6 is 34.5 Å². The minimum Gasteiger partial charge on any atom is -0.481 e. The lowest BCUT2D eigenvalue weighted by atomic mass is 10.2. The van der Waals surface area contributed by atoms with Crippen molar-refractivity contribution in [3.8, 4) is 5.75 Å². The fourth-order valence-electron chi connectivity index (χ4n) is 1.48. The molecule has 1 aromatic carbocycles. The van der Waals surface area contributed by atoms with Gasteiger partial charge in [0.05, 0.1) is 14.8 Å². The topological polar surface area (TPSA) is 52.4 Å². The van der Waals surface area contributed by atoms with Crippen molar-refractivity contribution in [1.82, 2.24) is 0 Å². The summed E-state index contributed by atoms with van der Waals surface area (Å²) in [5.41, 5.74) is 0.584. The molecule has 0 saturated heterocycles. The second kappa shape index (κ2) is 6.23. The molecule has 0 aliphatic heterocycles.